The molecule has 1 N–H and O–H groups in total. The number of carbonyl (C=O) groups is 1. The van der Waals surface area contributed by atoms with Crippen LogP contribution in [0.1, 0.15) is 32.4 Å². The summed E-state index contributed by atoms with van der Waals surface area (Å²) in [6.45, 7) is 5.60. The first-order chi connectivity index (χ1) is 8.70. The van der Waals surface area contributed by atoms with Gasteiger partial charge in [-0.1, -0.05) is 34.1 Å². The molecule has 0 saturated heterocycles. The summed E-state index contributed by atoms with van der Waals surface area (Å²) in [5, 5.41) is 10.1. The number of ether oxygens (including phenoxy) is 1. The zero-order valence-corrected chi connectivity index (χ0v) is 13.3. The van der Waals surface area contributed by atoms with Crippen molar-refractivity contribution in [3.63, 3.8) is 0 Å². The number of nitrogens with zero attached hydrogens (tertiary/aromatic N) is 1. The molecule has 1 amide bonds. The third-order valence-electron chi connectivity index (χ3n) is 2.42. The summed E-state index contributed by atoms with van der Waals surface area (Å²) in [6.07, 6.45) is -1.20. The predicted molar refractivity (Wildman–Crippen MR) is 78.0 cm³/mol. The lowest BCUT2D eigenvalue weighted by atomic mass is 10.1. The first-order valence-electron chi connectivity index (χ1n) is 6.07. The van der Waals surface area contributed by atoms with E-state index in [1.54, 1.807) is 7.05 Å². The van der Waals surface area contributed by atoms with Crippen LogP contribution in [0.4, 0.5) is 4.79 Å². The third-order valence-corrected chi connectivity index (χ3v) is 3.14. The SMILES string of the molecule is CN(CC(O)c1ccccc1Br)C(=O)OC(C)(C)C. The van der Waals surface area contributed by atoms with Crippen molar-refractivity contribution in [2.45, 2.75) is 32.5 Å². The van der Waals surface area contributed by atoms with E-state index in [1.165, 1.54) is 4.90 Å². The highest BCUT2D eigenvalue weighted by atomic mass is 79.9. The number of hydrogen-bond donors (Lipinski definition) is 1. The normalized spacial score (nSPS) is 12.9. The number of carbonyl (C=O) groups excluding carboxylic acids is 1. The van der Waals surface area contributed by atoms with E-state index in [0.717, 1.165) is 10.0 Å². The summed E-state index contributed by atoms with van der Waals surface area (Å²) < 4.78 is 6.05. The van der Waals surface area contributed by atoms with Crippen LogP contribution in [0.25, 0.3) is 0 Å². The van der Waals surface area contributed by atoms with Gasteiger partial charge in [0.25, 0.3) is 0 Å². The molecular formula is C14H20BrNO3. The molecule has 5 heteroatoms. The van der Waals surface area contributed by atoms with Crippen molar-refractivity contribution in [2.24, 2.45) is 0 Å². The van der Waals surface area contributed by atoms with Crippen molar-refractivity contribution in [2.75, 3.05) is 13.6 Å². The van der Waals surface area contributed by atoms with Crippen molar-refractivity contribution < 1.29 is 14.6 Å². The van der Waals surface area contributed by atoms with Crippen molar-refractivity contribution in [3.8, 4) is 0 Å². The molecular weight excluding hydrogens is 310 g/mol. The molecule has 4 nitrogen and oxygen atoms in total. The van der Waals surface area contributed by atoms with E-state index < -0.39 is 17.8 Å². The van der Waals surface area contributed by atoms with Crippen LogP contribution in [-0.2, 0) is 4.74 Å². The fourth-order valence-corrected chi connectivity index (χ4v) is 2.07. The fourth-order valence-electron chi connectivity index (χ4n) is 1.52. The highest BCUT2D eigenvalue weighted by Gasteiger charge is 2.22. The number of aliphatic hydroxyl groups is 1. The van der Waals surface area contributed by atoms with E-state index in [9.17, 15) is 9.90 Å². The minimum Gasteiger partial charge on any atom is -0.444 e. The van der Waals surface area contributed by atoms with Crippen molar-refractivity contribution in [1.29, 1.82) is 0 Å². The average Bonchev–Trinajstić information content (AvgIpc) is 2.27. The Labute approximate surface area is 122 Å². The lowest BCUT2D eigenvalue weighted by molar-refractivity contribution is 0.0204. The molecule has 0 aliphatic heterocycles. The summed E-state index contributed by atoms with van der Waals surface area (Å²) in [5.41, 5.74) is 0.210. The fraction of sp³-hybridized carbons (Fsp3) is 0.500. The average molecular weight is 330 g/mol. The molecule has 0 aliphatic carbocycles. The molecule has 1 aromatic rings. The third kappa shape index (κ3) is 5.20. The number of aliphatic hydroxyl groups excluding tert-OH is 1. The lowest BCUT2D eigenvalue weighted by Gasteiger charge is -2.26. The Morgan fingerprint density at radius 1 is 1.42 bits per heavy atom. The summed E-state index contributed by atoms with van der Waals surface area (Å²) in [6, 6.07) is 7.39. The summed E-state index contributed by atoms with van der Waals surface area (Å²) in [4.78, 5) is 13.2. The van der Waals surface area contributed by atoms with Gasteiger partial charge in [0.2, 0.25) is 0 Å². The van der Waals surface area contributed by atoms with Crippen LogP contribution < -0.4 is 0 Å². The Morgan fingerprint density at radius 3 is 2.53 bits per heavy atom. The monoisotopic (exact) mass is 329 g/mol. The van der Waals surface area contributed by atoms with Crippen LogP contribution in [0.5, 0.6) is 0 Å². The predicted octanol–water partition coefficient (Wildman–Crippen LogP) is 3.35. The standard InChI is InChI=1S/C14H20BrNO3/c1-14(2,3)19-13(18)16(4)9-12(17)10-7-5-6-8-11(10)15/h5-8,12,17H,9H2,1-4H3. The molecule has 0 radical (unpaired) electrons. The maximum absolute atomic E-state index is 11.8. The number of likely N-dealkylation sites (N-methyl/N-ethyl adjacent to an activating group) is 1. The van der Waals surface area contributed by atoms with Gasteiger partial charge in [-0.15, -0.1) is 0 Å². The van der Waals surface area contributed by atoms with Crippen LogP contribution in [0, 0.1) is 0 Å². The molecule has 106 valence electrons. The Morgan fingerprint density at radius 2 is 2.00 bits per heavy atom. The number of rotatable bonds is 3. The van der Waals surface area contributed by atoms with Crippen molar-refractivity contribution >= 4 is 22.0 Å². The van der Waals surface area contributed by atoms with Crippen LogP contribution in [-0.4, -0.2) is 35.3 Å². The van der Waals surface area contributed by atoms with Crippen molar-refractivity contribution in [1.82, 2.24) is 4.90 Å². The second-order valence-electron chi connectivity index (χ2n) is 5.40. The Kier molecular flexibility index (Phi) is 5.38. The summed E-state index contributed by atoms with van der Waals surface area (Å²) in [5.74, 6) is 0. The van der Waals surface area contributed by atoms with E-state index >= 15 is 0 Å². The molecule has 0 heterocycles. The molecule has 0 aliphatic rings. The van der Waals surface area contributed by atoms with Crippen LogP contribution in [0.15, 0.2) is 28.7 Å². The Hall–Kier alpha value is -1.07. The van der Waals surface area contributed by atoms with E-state index in [4.69, 9.17) is 4.74 Å². The van der Waals surface area contributed by atoms with Gasteiger partial charge in [0, 0.05) is 11.5 Å². The molecule has 0 aromatic heterocycles. The summed E-state index contributed by atoms with van der Waals surface area (Å²) >= 11 is 3.38. The van der Waals surface area contributed by atoms with E-state index in [-0.39, 0.29) is 6.54 Å². The zero-order chi connectivity index (χ0) is 14.6. The van der Waals surface area contributed by atoms with Gasteiger partial charge >= 0.3 is 6.09 Å². The largest absolute Gasteiger partial charge is 0.444 e. The minimum atomic E-state index is -0.756. The Bertz CT molecular complexity index is 443. The Balaban J connectivity index is 2.64. The molecule has 0 saturated carbocycles. The molecule has 1 aromatic carbocycles. The molecule has 1 atom stereocenters. The number of hydrogen-bond acceptors (Lipinski definition) is 3. The van der Waals surface area contributed by atoms with Gasteiger partial charge in [-0.25, -0.2) is 4.79 Å². The van der Waals surface area contributed by atoms with Crippen LogP contribution in [0.2, 0.25) is 0 Å². The first-order valence-corrected chi connectivity index (χ1v) is 6.86. The van der Waals surface area contributed by atoms with E-state index in [0.29, 0.717) is 0 Å². The number of halogens is 1. The highest BCUT2D eigenvalue weighted by molar-refractivity contribution is 9.10. The van der Waals surface area contributed by atoms with Gasteiger partial charge in [0.05, 0.1) is 12.6 Å². The van der Waals surface area contributed by atoms with Gasteiger partial charge in [-0.3, -0.25) is 0 Å². The van der Waals surface area contributed by atoms with Crippen LogP contribution in [0.3, 0.4) is 0 Å². The van der Waals surface area contributed by atoms with Gasteiger partial charge in [-0.05, 0) is 32.4 Å². The number of amides is 1. The minimum absolute atomic E-state index is 0.178. The van der Waals surface area contributed by atoms with E-state index in [1.807, 2.05) is 45.0 Å². The maximum atomic E-state index is 11.8. The smallest absolute Gasteiger partial charge is 0.410 e. The van der Waals surface area contributed by atoms with Gasteiger partial charge in [0.15, 0.2) is 0 Å². The number of benzene rings is 1. The molecule has 1 unspecified atom stereocenters. The highest BCUT2D eigenvalue weighted by Crippen LogP contribution is 2.23. The first kappa shape index (κ1) is 16.0. The van der Waals surface area contributed by atoms with Gasteiger partial charge in [0.1, 0.15) is 5.60 Å². The topological polar surface area (TPSA) is 49.8 Å². The lowest BCUT2D eigenvalue weighted by Crippen LogP contribution is -2.36. The van der Waals surface area contributed by atoms with Gasteiger partial charge < -0.3 is 14.7 Å². The quantitative estimate of drug-likeness (QED) is 0.925. The molecule has 1 rings (SSSR count). The second-order valence-corrected chi connectivity index (χ2v) is 6.25. The van der Waals surface area contributed by atoms with Crippen molar-refractivity contribution in [3.05, 3.63) is 34.3 Å². The molecule has 0 spiro atoms. The molecule has 19 heavy (non-hydrogen) atoms. The maximum Gasteiger partial charge on any atom is 0.410 e. The van der Waals surface area contributed by atoms with E-state index in [2.05, 4.69) is 15.9 Å². The zero-order valence-electron chi connectivity index (χ0n) is 11.7. The molecule has 0 fully saturated rings. The van der Waals surface area contributed by atoms with Gasteiger partial charge in [-0.2, -0.15) is 0 Å². The summed E-state index contributed by atoms with van der Waals surface area (Å²) in [7, 11) is 1.61. The second kappa shape index (κ2) is 6.39. The molecule has 0 bridgehead atoms. The van der Waals surface area contributed by atoms with Crippen LogP contribution >= 0.6 is 15.9 Å².